The molecule has 0 heterocycles. The minimum Gasteiger partial charge on any atom is -0.478 e. The van der Waals surface area contributed by atoms with Crippen LogP contribution in [0.1, 0.15) is 45.5 Å². The van der Waals surface area contributed by atoms with Gasteiger partial charge >= 0.3 is 5.97 Å². The first-order valence-electron chi connectivity index (χ1n) is 8.91. The molecule has 1 unspecified atom stereocenters. The molecule has 3 aromatic carbocycles. The van der Waals surface area contributed by atoms with Crippen LogP contribution in [0.5, 0.6) is 0 Å². The lowest BCUT2D eigenvalue weighted by molar-refractivity contribution is 0.0697. The third-order valence-corrected chi connectivity index (χ3v) is 5.40. The van der Waals surface area contributed by atoms with Crippen molar-refractivity contribution in [1.82, 2.24) is 0 Å². The molecule has 1 N–H and O–H groups in total. The Bertz CT molecular complexity index is 1000. The number of hydrogen-bond acceptors (Lipinski definition) is 1. The summed E-state index contributed by atoms with van der Waals surface area (Å²) in [6.45, 7) is 1.93. The second-order valence-electron chi connectivity index (χ2n) is 6.71. The van der Waals surface area contributed by atoms with Crippen molar-refractivity contribution < 1.29 is 14.3 Å². The molecule has 1 atom stereocenters. The average molecular weight is 417 g/mol. The van der Waals surface area contributed by atoms with Crippen molar-refractivity contribution in [2.24, 2.45) is 0 Å². The highest BCUT2D eigenvalue weighted by molar-refractivity contribution is 6.35. The number of hydrogen-bond donors (Lipinski definition) is 1. The molecule has 0 aliphatic rings. The number of carboxylic acid groups (broad SMARTS) is 1. The van der Waals surface area contributed by atoms with E-state index in [-0.39, 0.29) is 17.3 Å². The van der Waals surface area contributed by atoms with Gasteiger partial charge in [0.25, 0.3) is 0 Å². The maximum atomic E-state index is 14.3. The Morgan fingerprint density at radius 3 is 2.36 bits per heavy atom. The lowest BCUT2D eigenvalue weighted by atomic mass is 9.87. The third-order valence-electron chi connectivity index (χ3n) is 4.87. The largest absolute Gasteiger partial charge is 0.478 e. The maximum absolute atomic E-state index is 14.3. The minimum atomic E-state index is -0.950. The zero-order chi connectivity index (χ0) is 20.3. The Morgan fingerprint density at radius 2 is 1.71 bits per heavy atom. The molecule has 0 amide bonds. The van der Waals surface area contributed by atoms with Crippen LogP contribution in [0.15, 0.2) is 60.7 Å². The molecule has 2 nitrogen and oxygen atoms in total. The normalized spacial score (nSPS) is 12.0. The van der Waals surface area contributed by atoms with Gasteiger partial charge in [0.15, 0.2) is 0 Å². The summed E-state index contributed by atoms with van der Waals surface area (Å²) >= 11 is 12.7. The summed E-state index contributed by atoms with van der Waals surface area (Å²) in [5, 5.41) is 10.1. The van der Waals surface area contributed by atoms with Crippen molar-refractivity contribution in [3.63, 3.8) is 0 Å². The first-order valence-corrected chi connectivity index (χ1v) is 9.67. The summed E-state index contributed by atoms with van der Waals surface area (Å²) < 4.78 is 14.3. The topological polar surface area (TPSA) is 37.3 Å². The van der Waals surface area contributed by atoms with E-state index in [0.717, 1.165) is 16.7 Å². The van der Waals surface area contributed by atoms with Gasteiger partial charge < -0.3 is 5.11 Å². The molecule has 0 bridgehead atoms. The van der Waals surface area contributed by atoms with Crippen LogP contribution >= 0.6 is 23.2 Å². The van der Waals surface area contributed by atoms with Gasteiger partial charge in [0.2, 0.25) is 0 Å². The number of carbonyl (C=O) groups is 1. The standard InChI is InChI=1S/C23H19Cl2FO2/c1-14(19-4-2-3-5-21(19)26)22-17(12-18(24)13-20(22)25)11-8-15-6-9-16(10-7-15)23(27)28/h2-7,9-10,12-14H,8,11H2,1H3,(H,27,28). The molecule has 0 saturated carbocycles. The van der Waals surface area contributed by atoms with Crippen molar-refractivity contribution in [2.45, 2.75) is 25.7 Å². The van der Waals surface area contributed by atoms with E-state index < -0.39 is 5.97 Å². The van der Waals surface area contributed by atoms with Gasteiger partial charge in [-0.1, -0.05) is 60.5 Å². The number of aromatic carboxylic acids is 1. The number of halogens is 3. The first-order chi connectivity index (χ1) is 13.4. The van der Waals surface area contributed by atoms with E-state index in [1.807, 2.05) is 19.1 Å². The van der Waals surface area contributed by atoms with Crippen LogP contribution in [-0.4, -0.2) is 11.1 Å². The Balaban J connectivity index is 1.90. The monoisotopic (exact) mass is 416 g/mol. The van der Waals surface area contributed by atoms with E-state index in [1.165, 1.54) is 6.07 Å². The van der Waals surface area contributed by atoms with E-state index in [2.05, 4.69) is 0 Å². The Hall–Kier alpha value is -2.36. The Labute approximate surface area is 173 Å². The van der Waals surface area contributed by atoms with Gasteiger partial charge in [0.1, 0.15) is 5.82 Å². The van der Waals surface area contributed by atoms with Crippen molar-refractivity contribution in [2.75, 3.05) is 0 Å². The van der Waals surface area contributed by atoms with E-state index in [0.29, 0.717) is 28.5 Å². The van der Waals surface area contributed by atoms with Gasteiger partial charge in [0.05, 0.1) is 5.56 Å². The molecular weight excluding hydrogens is 398 g/mol. The molecule has 0 saturated heterocycles. The average Bonchev–Trinajstić information content (AvgIpc) is 2.66. The molecule has 0 aromatic heterocycles. The molecular formula is C23H19Cl2FO2. The van der Waals surface area contributed by atoms with Gasteiger partial charge in [-0.3, -0.25) is 0 Å². The molecule has 0 radical (unpaired) electrons. The van der Waals surface area contributed by atoms with Crippen LogP contribution in [-0.2, 0) is 12.8 Å². The minimum absolute atomic E-state index is 0.227. The summed E-state index contributed by atoms with van der Waals surface area (Å²) in [5.74, 6) is -1.44. The predicted octanol–water partition coefficient (Wildman–Crippen LogP) is 6.77. The highest BCUT2D eigenvalue weighted by atomic mass is 35.5. The van der Waals surface area contributed by atoms with Crippen LogP contribution in [0.4, 0.5) is 4.39 Å². The van der Waals surface area contributed by atoms with Crippen LogP contribution in [0.2, 0.25) is 10.0 Å². The van der Waals surface area contributed by atoms with Crippen LogP contribution in [0.25, 0.3) is 0 Å². The Morgan fingerprint density at radius 1 is 1.04 bits per heavy atom. The SMILES string of the molecule is CC(c1ccccc1F)c1c(Cl)cc(Cl)cc1CCc1ccc(C(=O)O)cc1. The number of aryl methyl sites for hydroxylation is 2. The fourth-order valence-corrected chi connectivity index (χ4v) is 4.10. The molecule has 5 heteroatoms. The highest BCUT2D eigenvalue weighted by Crippen LogP contribution is 2.36. The fourth-order valence-electron chi connectivity index (χ4n) is 3.40. The second-order valence-corrected chi connectivity index (χ2v) is 7.55. The fraction of sp³-hybridized carbons (Fsp3) is 0.174. The summed E-state index contributed by atoms with van der Waals surface area (Å²) in [6.07, 6.45) is 1.34. The van der Waals surface area contributed by atoms with Crippen molar-refractivity contribution in [3.8, 4) is 0 Å². The molecule has 3 rings (SSSR count). The smallest absolute Gasteiger partial charge is 0.335 e. The first kappa shape index (κ1) is 20.4. The lowest BCUT2D eigenvalue weighted by Crippen LogP contribution is -2.06. The van der Waals surface area contributed by atoms with Crippen LogP contribution < -0.4 is 0 Å². The number of rotatable bonds is 6. The van der Waals surface area contributed by atoms with Gasteiger partial charge in [-0.2, -0.15) is 0 Å². The maximum Gasteiger partial charge on any atom is 0.335 e. The van der Waals surface area contributed by atoms with Gasteiger partial charge in [-0.15, -0.1) is 0 Å². The van der Waals surface area contributed by atoms with E-state index in [4.69, 9.17) is 28.3 Å². The van der Waals surface area contributed by atoms with E-state index >= 15 is 0 Å². The quantitative estimate of drug-likeness (QED) is 0.481. The second kappa shape index (κ2) is 8.76. The Kier molecular flexibility index (Phi) is 6.38. The summed E-state index contributed by atoms with van der Waals surface area (Å²) in [4.78, 5) is 11.0. The summed E-state index contributed by atoms with van der Waals surface area (Å²) in [5.41, 5.74) is 3.65. The zero-order valence-corrected chi connectivity index (χ0v) is 16.8. The predicted molar refractivity (Wildman–Crippen MR) is 111 cm³/mol. The van der Waals surface area contributed by atoms with Gasteiger partial charge in [0, 0.05) is 16.0 Å². The van der Waals surface area contributed by atoms with Crippen LogP contribution in [0, 0.1) is 5.82 Å². The van der Waals surface area contributed by atoms with Crippen molar-refractivity contribution >= 4 is 29.2 Å². The van der Waals surface area contributed by atoms with Crippen molar-refractivity contribution in [1.29, 1.82) is 0 Å². The molecule has 0 aliphatic heterocycles. The zero-order valence-electron chi connectivity index (χ0n) is 15.3. The number of carboxylic acids is 1. The molecule has 3 aromatic rings. The number of benzene rings is 3. The van der Waals surface area contributed by atoms with Gasteiger partial charge in [-0.25, -0.2) is 9.18 Å². The summed E-state index contributed by atoms with van der Waals surface area (Å²) in [7, 11) is 0. The lowest BCUT2D eigenvalue weighted by Gasteiger charge is -2.20. The summed E-state index contributed by atoms with van der Waals surface area (Å²) in [6, 6.07) is 17.0. The molecule has 0 fully saturated rings. The molecule has 144 valence electrons. The van der Waals surface area contributed by atoms with E-state index in [9.17, 15) is 9.18 Å². The molecule has 28 heavy (non-hydrogen) atoms. The van der Waals surface area contributed by atoms with E-state index in [1.54, 1.807) is 42.5 Å². The third kappa shape index (κ3) is 4.54. The highest BCUT2D eigenvalue weighted by Gasteiger charge is 2.20. The van der Waals surface area contributed by atoms with Crippen molar-refractivity contribution in [3.05, 3.63) is 104 Å². The molecule has 0 aliphatic carbocycles. The molecule has 0 spiro atoms. The van der Waals surface area contributed by atoms with Crippen LogP contribution in [0.3, 0.4) is 0 Å². The van der Waals surface area contributed by atoms with Gasteiger partial charge in [-0.05, 0) is 65.4 Å².